The van der Waals surface area contributed by atoms with Gasteiger partial charge in [-0.2, -0.15) is 5.10 Å². The summed E-state index contributed by atoms with van der Waals surface area (Å²) in [7, 11) is 3.77. The molecule has 0 aromatic carbocycles. The Labute approximate surface area is 94.7 Å². The minimum atomic E-state index is -0.912. The van der Waals surface area contributed by atoms with Gasteiger partial charge in [0.1, 0.15) is 5.69 Å². The molecule has 1 aromatic heterocycles. The summed E-state index contributed by atoms with van der Waals surface area (Å²) < 4.78 is 1.45. The average Bonchev–Trinajstić information content (AvgIpc) is 2.60. The van der Waals surface area contributed by atoms with Crippen molar-refractivity contribution in [1.82, 2.24) is 14.7 Å². The predicted octanol–water partition coefficient (Wildman–Crippen LogP) is 0.927. The van der Waals surface area contributed by atoms with Gasteiger partial charge in [0.2, 0.25) is 0 Å². The molecule has 1 atom stereocenters. The normalized spacial score (nSPS) is 22.2. The third-order valence-corrected chi connectivity index (χ3v) is 3.16. The van der Waals surface area contributed by atoms with E-state index in [1.807, 2.05) is 0 Å². The molecule has 1 aliphatic rings. The second-order valence-electron chi connectivity index (χ2n) is 4.48. The summed E-state index contributed by atoms with van der Waals surface area (Å²) in [6, 6.07) is 1.70. The van der Waals surface area contributed by atoms with Gasteiger partial charge in [-0.25, -0.2) is 4.79 Å². The van der Waals surface area contributed by atoms with Gasteiger partial charge in [-0.05, 0) is 32.5 Å². The molecular formula is C11H17N3O2. The van der Waals surface area contributed by atoms with Gasteiger partial charge in [0.25, 0.3) is 0 Å². The Morgan fingerprint density at radius 1 is 1.56 bits per heavy atom. The maximum atomic E-state index is 10.9. The maximum absolute atomic E-state index is 10.9. The number of carboxylic acids is 1. The number of aromatic carboxylic acids is 1. The van der Waals surface area contributed by atoms with E-state index in [-0.39, 0.29) is 5.69 Å². The standard InChI is InChI=1S/C11H17N3O2/c1-13-5-3-4-8(7-13)9-6-10(11(15)16)14(2)12-9/h6,8H,3-5,7H2,1-2H3,(H,15,16). The number of aromatic nitrogens is 2. The first-order valence-electron chi connectivity index (χ1n) is 5.53. The molecule has 0 bridgehead atoms. The number of nitrogens with zero attached hydrogens (tertiary/aromatic N) is 3. The molecule has 1 saturated heterocycles. The van der Waals surface area contributed by atoms with Gasteiger partial charge in [0, 0.05) is 19.5 Å². The summed E-state index contributed by atoms with van der Waals surface area (Å²) in [6.45, 7) is 2.09. The Bertz CT molecular complexity index is 400. The first-order chi connectivity index (χ1) is 7.58. The highest BCUT2D eigenvalue weighted by molar-refractivity contribution is 5.85. The number of likely N-dealkylation sites (tertiary alicyclic amines) is 1. The molecule has 0 saturated carbocycles. The minimum Gasteiger partial charge on any atom is -0.477 e. The smallest absolute Gasteiger partial charge is 0.354 e. The third kappa shape index (κ3) is 2.09. The van der Waals surface area contributed by atoms with Crippen LogP contribution in [0.1, 0.15) is 34.9 Å². The molecule has 5 heteroatoms. The number of carboxylic acid groups (broad SMARTS) is 1. The Hall–Kier alpha value is -1.36. The van der Waals surface area contributed by atoms with Crippen LogP contribution in [0.2, 0.25) is 0 Å². The summed E-state index contributed by atoms with van der Waals surface area (Å²) in [5.41, 5.74) is 1.18. The van der Waals surface area contributed by atoms with E-state index in [9.17, 15) is 4.79 Å². The molecule has 1 N–H and O–H groups in total. The van der Waals surface area contributed by atoms with Gasteiger partial charge in [-0.1, -0.05) is 0 Å². The van der Waals surface area contributed by atoms with Crippen LogP contribution in [0.25, 0.3) is 0 Å². The Morgan fingerprint density at radius 3 is 2.88 bits per heavy atom. The fourth-order valence-corrected chi connectivity index (χ4v) is 2.30. The van der Waals surface area contributed by atoms with Gasteiger partial charge in [-0.15, -0.1) is 0 Å². The highest BCUT2D eigenvalue weighted by Gasteiger charge is 2.23. The molecule has 1 aliphatic heterocycles. The Balaban J connectivity index is 2.20. The second-order valence-corrected chi connectivity index (χ2v) is 4.48. The fourth-order valence-electron chi connectivity index (χ4n) is 2.30. The lowest BCUT2D eigenvalue weighted by Gasteiger charge is -2.28. The molecule has 0 amide bonds. The molecule has 0 aliphatic carbocycles. The van der Waals surface area contributed by atoms with E-state index in [0.717, 1.165) is 31.6 Å². The molecule has 1 fully saturated rings. The molecule has 88 valence electrons. The average molecular weight is 223 g/mol. The van der Waals surface area contributed by atoms with E-state index in [1.165, 1.54) is 4.68 Å². The van der Waals surface area contributed by atoms with Gasteiger partial charge in [0.15, 0.2) is 0 Å². The van der Waals surface area contributed by atoms with Gasteiger partial charge < -0.3 is 10.0 Å². The third-order valence-electron chi connectivity index (χ3n) is 3.16. The van der Waals surface area contributed by atoms with Crippen molar-refractivity contribution >= 4 is 5.97 Å². The zero-order chi connectivity index (χ0) is 11.7. The maximum Gasteiger partial charge on any atom is 0.354 e. The van der Waals surface area contributed by atoms with Crippen molar-refractivity contribution < 1.29 is 9.90 Å². The number of rotatable bonds is 2. The number of likely N-dealkylation sites (N-methyl/N-ethyl adjacent to an activating group) is 1. The summed E-state index contributed by atoms with van der Waals surface area (Å²) in [5, 5.41) is 13.3. The van der Waals surface area contributed by atoms with Crippen LogP contribution in [-0.4, -0.2) is 45.9 Å². The topological polar surface area (TPSA) is 58.4 Å². The van der Waals surface area contributed by atoms with Gasteiger partial charge >= 0.3 is 5.97 Å². The van der Waals surface area contributed by atoms with E-state index >= 15 is 0 Å². The van der Waals surface area contributed by atoms with Gasteiger partial charge in [-0.3, -0.25) is 4.68 Å². The fraction of sp³-hybridized carbons (Fsp3) is 0.636. The van der Waals surface area contributed by atoms with E-state index < -0.39 is 5.97 Å². The van der Waals surface area contributed by atoms with Crippen LogP contribution >= 0.6 is 0 Å². The molecule has 2 rings (SSSR count). The molecule has 0 radical (unpaired) electrons. The van der Waals surface area contributed by atoms with Crippen LogP contribution in [0.3, 0.4) is 0 Å². The monoisotopic (exact) mass is 223 g/mol. The largest absolute Gasteiger partial charge is 0.477 e. The van der Waals surface area contributed by atoms with E-state index in [0.29, 0.717) is 5.92 Å². The number of piperidine rings is 1. The number of hydrogen-bond acceptors (Lipinski definition) is 3. The van der Waals surface area contributed by atoms with Crippen molar-refractivity contribution in [2.75, 3.05) is 20.1 Å². The molecule has 0 spiro atoms. The molecule has 16 heavy (non-hydrogen) atoms. The Kier molecular flexibility index (Phi) is 2.96. The second kappa shape index (κ2) is 4.25. The van der Waals surface area contributed by atoms with E-state index in [1.54, 1.807) is 13.1 Å². The highest BCUT2D eigenvalue weighted by atomic mass is 16.4. The van der Waals surface area contributed by atoms with Crippen molar-refractivity contribution in [3.8, 4) is 0 Å². The van der Waals surface area contributed by atoms with Crippen molar-refractivity contribution in [3.05, 3.63) is 17.5 Å². The molecule has 1 unspecified atom stereocenters. The van der Waals surface area contributed by atoms with Crippen molar-refractivity contribution in [2.45, 2.75) is 18.8 Å². The lowest BCUT2D eigenvalue weighted by molar-refractivity contribution is 0.0685. The van der Waals surface area contributed by atoms with Crippen molar-refractivity contribution in [1.29, 1.82) is 0 Å². The quantitative estimate of drug-likeness (QED) is 0.810. The van der Waals surface area contributed by atoms with Crippen LogP contribution < -0.4 is 0 Å². The van der Waals surface area contributed by atoms with E-state index in [2.05, 4.69) is 17.0 Å². The minimum absolute atomic E-state index is 0.267. The van der Waals surface area contributed by atoms with Crippen molar-refractivity contribution in [2.24, 2.45) is 7.05 Å². The molecular weight excluding hydrogens is 206 g/mol. The molecule has 1 aromatic rings. The van der Waals surface area contributed by atoms with Crippen LogP contribution in [0.5, 0.6) is 0 Å². The zero-order valence-corrected chi connectivity index (χ0v) is 9.68. The summed E-state index contributed by atoms with van der Waals surface area (Å²) in [4.78, 5) is 13.2. The zero-order valence-electron chi connectivity index (χ0n) is 9.68. The Morgan fingerprint density at radius 2 is 2.31 bits per heavy atom. The number of carbonyl (C=O) groups is 1. The first-order valence-corrected chi connectivity index (χ1v) is 5.53. The SMILES string of the molecule is CN1CCCC(c2cc(C(=O)O)n(C)n2)C1. The number of hydrogen-bond donors (Lipinski definition) is 1. The van der Waals surface area contributed by atoms with Crippen LogP contribution in [-0.2, 0) is 7.05 Å². The first kappa shape index (κ1) is 11.1. The lowest BCUT2D eigenvalue weighted by atomic mass is 9.95. The van der Waals surface area contributed by atoms with Crippen LogP contribution in [0.4, 0.5) is 0 Å². The number of aryl methyl sites for hydroxylation is 1. The van der Waals surface area contributed by atoms with Crippen molar-refractivity contribution in [3.63, 3.8) is 0 Å². The molecule has 5 nitrogen and oxygen atoms in total. The predicted molar refractivity (Wildman–Crippen MR) is 59.6 cm³/mol. The van der Waals surface area contributed by atoms with E-state index in [4.69, 9.17) is 5.11 Å². The molecule has 2 heterocycles. The summed E-state index contributed by atoms with van der Waals surface area (Å²) >= 11 is 0. The highest BCUT2D eigenvalue weighted by Crippen LogP contribution is 2.25. The summed E-state index contributed by atoms with van der Waals surface area (Å²) in [5.74, 6) is -0.538. The van der Waals surface area contributed by atoms with Crippen LogP contribution in [0.15, 0.2) is 6.07 Å². The lowest BCUT2D eigenvalue weighted by Crippen LogP contribution is -2.31. The summed E-state index contributed by atoms with van der Waals surface area (Å²) in [6.07, 6.45) is 2.25. The van der Waals surface area contributed by atoms with Gasteiger partial charge in [0.05, 0.1) is 5.69 Å². The van der Waals surface area contributed by atoms with Crippen LogP contribution in [0, 0.1) is 0 Å².